The number of anilines is 1. The van der Waals surface area contributed by atoms with Gasteiger partial charge in [0.15, 0.2) is 0 Å². The van der Waals surface area contributed by atoms with E-state index >= 15 is 0 Å². The largest absolute Gasteiger partial charge is 0.467 e. The Kier molecular flexibility index (Phi) is 5.09. The van der Waals surface area contributed by atoms with Crippen molar-refractivity contribution in [2.45, 2.75) is 25.4 Å². The summed E-state index contributed by atoms with van der Waals surface area (Å²) in [5, 5.41) is 9.92. The van der Waals surface area contributed by atoms with E-state index in [2.05, 4.69) is 15.7 Å². The summed E-state index contributed by atoms with van der Waals surface area (Å²) >= 11 is 0. The first-order chi connectivity index (χ1) is 13.7. The Morgan fingerprint density at radius 2 is 2.14 bits per heavy atom. The van der Waals surface area contributed by atoms with Crippen LogP contribution in [0.15, 0.2) is 65.5 Å². The lowest BCUT2D eigenvalue weighted by molar-refractivity contribution is -0.119. The van der Waals surface area contributed by atoms with E-state index in [0.717, 1.165) is 12.1 Å². The topological polar surface area (TPSA) is 92.4 Å². The fourth-order valence-electron chi connectivity index (χ4n) is 3.33. The third-order valence-corrected chi connectivity index (χ3v) is 4.69. The van der Waals surface area contributed by atoms with Crippen LogP contribution in [0.2, 0.25) is 0 Å². The fourth-order valence-corrected chi connectivity index (χ4v) is 3.33. The minimum Gasteiger partial charge on any atom is -0.467 e. The van der Waals surface area contributed by atoms with Gasteiger partial charge in [0.1, 0.15) is 11.8 Å². The van der Waals surface area contributed by atoms with Gasteiger partial charge in [-0.15, -0.1) is 0 Å². The van der Waals surface area contributed by atoms with E-state index in [1.165, 1.54) is 0 Å². The molecular weight excluding hydrogens is 358 g/mol. The van der Waals surface area contributed by atoms with Gasteiger partial charge in [0.2, 0.25) is 5.91 Å². The lowest BCUT2D eigenvalue weighted by atomic mass is 10.2. The van der Waals surface area contributed by atoms with Crippen molar-refractivity contribution >= 4 is 17.6 Å². The smallest absolute Gasteiger partial charge is 0.318 e. The molecule has 1 saturated heterocycles. The van der Waals surface area contributed by atoms with E-state index in [1.807, 2.05) is 36.5 Å². The van der Waals surface area contributed by atoms with E-state index in [1.54, 1.807) is 34.2 Å². The average molecular weight is 379 g/mol. The van der Waals surface area contributed by atoms with Gasteiger partial charge >= 0.3 is 6.03 Å². The lowest BCUT2D eigenvalue weighted by Crippen LogP contribution is -2.47. The summed E-state index contributed by atoms with van der Waals surface area (Å²) in [7, 11) is 0. The van der Waals surface area contributed by atoms with Gasteiger partial charge in [-0.2, -0.15) is 5.10 Å². The van der Waals surface area contributed by atoms with Crippen molar-refractivity contribution in [1.82, 2.24) is 20.0 Å². The van der Waals surface area contributed by atoms with Gasteiger partial charge in [0.25, 0.3) is 0 Å². The van der Waals surface area contributed by atoms with Crippen molar-refractivity contribution < 1.29 is 14.0 Å². The number of nitrogens with zero attached hydrogens (tertiary/aromatic N) is 3. The first-order valence-electron chi connectivity index (χ1n) is 9.18. The summed E-state index contributed by atoms with van der Waals surface area (Å²) in [4.78, 5) is 26.9. The molecule has 4 rings (SSSR count). The molecule has 0 radical (unpaired) electrons. The molecule has 144 valence electrons. The number of carbonyl (C=O) groups is 2. The van der Waals surface area contributed by atoms with Gasteiger partial charge in [-0.25, -0.2) is 9.48 Å². The van der Waals surface area contributed by atoms with Crippen LogP contribution in [0.25, 0.3) is 5.69 Å². The molecule has 1 aliphatic heterocycles. The third kappa shape index (κ3) is 3.90. The van der Waals surface area contributed by atoms with E-state index in [9.17, 15) is 9.59 Å². The normalized spacial score (nSPS) is 16.1. The zero-order valence-corrected chi connectivity index (χ0v) is 15.2. The van der Waals surface area contributed by atoms with Crippen molar-refractivity contribution in [2.75, 3.05) is 11.9 Å². The molecular formula is C20H21N5O3. The molecule has 3 aromatic rings. The monoisotopic (exact) mass is 379 g/mol. The maximum Gasteiger partial charge on any atom is 0.318 e. The number of benzene rings is 1. The standard InChI is InChI=1S/C20H21N5O3/c26-19(23-15-5-1-6-16(13-15)25-11-4-9-22-25)18-8-2-10-24(18)20(27)21-14-17-7-3-12-28-17/h1,3-7,9,11-13,18H,2,8,10,14H2,(H,21,27)(H,23,26)/t18-/m0/s1. The van der Waals surface area contributed by atoms with Crippen LogP contribution in [0.4, 0.5) is 10.5 Å². The van der Waals surface area contributed by atoms with Gasteiger partial charge in [-0.3, -0.25) is 4.79 Å². The highest BCUT2D eigenvalue weighted by Gasteiger charge is 2.34. The SMILES string of the molecule is O=C(Nc1cccc(-n2cccn2)c1)[C@@H]1CCCN1C(=O)NCc1ccco1. The maximum atomic E-state index is 12.8. The number of furan rings is 1. The van der Waals surface area contributed by atoms with Crippen LogP contribution in [0.5, 0.6) is 0 Å². The number of hydrogen-bond acceptors (Lipinski definition) is 4. The van der Waals surface area contributed by atoms with E-state index in [0.29, 0.717) is 31.0 Å². The zero-order chi connectivity index (χ0) is 19.3. The van der Waals surface area contributed by atoms with Crippen LogP contribution >= 0.6 is 0 Å². The minimum absolute atomic E-state index is 0.191. The predicted octanol–water partition coefficient (Wildman–Crippen LogP) is 2.78. The molecule has 0 bridgehead atoms. The van der Waals surface area contributed by atoms with Crippen LogP contribution in [-0.4, -0.2) is 39.2 Å². The molecule has 1 aromatic carbocycles. The lowest BCUT2D eigenvalue weighted by Gasteiger charge is -2.24. The molecule has 1 fully saturated rings. The number of hydrogen-bond donors (Lipinski definition) is 2. The Balaban J connectivity index is 1.39. The van der Waals surface area contributed by atoms with Crippen molar-refractivity contribution in [3.63, 3.8) is 0 Å². The molecule has 0 saturated carbocycles. The van der Waals surface area contributed by atoms with Gasteiger partial charge in [-0.05, 0) is 49.2 Å². The van der Waals surface area contributed by atoms with Crippen LogP contribution in [-0.2, 0) is 11.3 Å². The number of amides is 3. The van der Waals surface area contributed by atoms with Gasteiger partial charge in [0, 0.05) is 24.6 Å². The number of nitrogens with one attached hydrogen (secondary N) is 2. The molecule has 0 aliphatic carbocycles. The number of likely N-dealkylation sites (tertiary alicyclic amines) is 1. The summed E-state index contributed by atoms with van der Waals surface area (Å²) in [5.74, 6) is 0.479. The molecule has 1 aliphatic rings. The van der Waals surface area contributed by atoms with Gasteiger partial charge < -0.3 is 20.0 Å². The molecule has 8 nitrogen and oxygen atoms in total. The van der Waals surface area contributed by atoms with E-state index < -0.39 is 6.04 Å². The maximum absolute atomic E-state index is 12.8. The highest BCUT2D eigenvalue weighted by molar-refractivity contribution is 5.97. The van der Waals surface area contributed by atoms with E-state index in [-0.39, 0.29) is 11.9 Å². The first kappa shape index (κ1) is 17.8. The van der Waals surface area contributed by atoms with E-state index in [4.69, 9.17) is 4.42 Å². The van der Waals surface area contributed by atoms with Crippen molar-refractivity contribution in [3.8, 4) is 5.69 Å². The fraction of sp³-hybridized carbons (Fsp3) is 0.250. The first-order valence-corrected chi connectivity index (χ1v) is 9.18. The molecule has 3 heterocycles. The minimum atomic E-state index is -0.495. The van der Waals surface area contributed by atoms with Crippen molar-refractivity contribution in [1.29, 1.82) is 0 Å². The summed E-state index contributed by atoms with van der Waals surface area (Å²) < 4.78 is 6.94. The molecule has 0 unspecified atom stereocenters. The van der Waals surface area contributed by atoms with Gasteiger partial charge in [-0.1, -0.05) is 6.07 Å². The second kappa shape index (κ2) is 7.99. The number of urea groups is 1. The predicted molar refractivity (Wildman–Crippen MR) is 103 cm³/mol. The van der Waals surface area contributed by atoms with Crippen molar-refractivity contribution in [2.24, 2.45) is 0 Å². The zero-order valence-electron chi connectivity index (χ0n) is 15.2. The highest BCUT2D eigenvalue weighted by Crippen LogP contribution is 2.20. The summed E-state index contributed by atoms with van der Waals surface area (Å²) in [6.07, 6.45) is 6.52. The third-order valence-electron chi connectivity index (χ3n) is 4.69. The summed E-state index contributed by atoms with van der Waals surface area (Å²) in [6, 6.07) is 12.1. The molecule has 0 spiro atoms. The van der Waals surface area contributed by atoms with Crippen LogP contribution in [0, 0.1) is 0 Å². The van der Waals surface area contributed by atoms with Gasteiger partial charge in [0.05, 0.1) is 18.5 Å². The molecule has 8 heteroatoms. The van der Waals surface area contributed by atoms with Crippen LogP contribution < -0.4 is 10.6 Å². The van der Waals surface area contributed by atoms with Crippen molar-refractivity contribution in [3.05, 3.63) is 66.9 Å². The Morgan fingerprint density at radius 1 is 1.21 bits per heavy atom. The second-order valence-electron chi connectivity index (χ2n) is 6.58. The number of carbonyl (C=O) groups excluding carboxylic acids is 2. The Bertz CT molecular complexity index is 937. The second-order valence-corrected chi connectivity index (χ2v) is 6.58. The molecule has 1 atom stereocenters. The quantitative estimate of drug-likeness (QED) is 0.713. The molecule has 2 N–H and O–H groups in total. The number of rotatable bonds is 5. The summed E-state index contributed by atoms with van der Waals surface area (Å²) in [6.45, 7) is 0.845. The van der Waals surface area contributed by atoms with Crippen LogP contribution in [0.3, 0.4) is 0 Å². The number of aromatic nitrogens is 2. The molecule has 28 heavy (non-hydrogen) atoms. The molecule has 3 amide bonds. The average Bonchev–Trinajstić information content (AvgIpc) is 3.49. The molecule has 2 aromatic heterocycles. The Morgan fingerprint density at radius 3 is 2.93 bits per heavy atom. The Labute approximate surface area is 162 Å². The highest BCUT2D eigenvalue weighted by atomic mass is 16.3. The Hall–Kier alpha value is -3.55. The van der Waals surface area contributed by atoms with Crippen LogP contribution in [0.1, 0.15) is 18.6 Å². The summed E-state index contributed by atoms with van der Waals surface area (Å²) in [5.41, 5.74) is 1.52.